The Morgan fingerprint density at radius 2 is 2.27 bits per heavy atom. The Balaban J connectivity index is 2.37. The van der Waals surface area contributed by atoms with E-state index in [9.17, 15) is 4.79 Å². The number of carbonyl (C=O) groups is 1. The first-order valence-corrected chi connectivity index (χ1v) is 5.86. The lowest BCUT2D eigenvalue weighted by Gasteiger charge is -1.94. The third-order valence-corrected chi connectivity index (χ3v) is 4.01. The van der Waals surface area contributed by atoms with Gasteiger partial charge in [-0.2, -0.15) is 0 Å². The molecule has 15 heavy (non-hydrogen) atoms. The van der Waals surface area contributed by atoms with Gasteiger partial charge in [-0.05, 0) is 34.5 Å². The molecular formula is C10H7BrN2OS. The van der Waals surface area contributed by atoms with E-state index in [0.717, 1.165) is 9.35 Å². The van der Waals surface area contributed by atoms with Crippen molar-refractivity contribution in [2.45, 2.75) is 6.92 Å². The summed E-state index contributed by atoms with van der Waals surface area (Å²) < 4.78 is 0.981. The second-order valence-corrected chi connectivity index (χ2v) is 5.36. The molecule has 0 saturated carbocycles. The first-order chi connectivity index (χ1) is 7.18. The Hall–Kier alpha value is -1.07. The maximum Gasteiger partial charge on any atom is 0.222 e. The van der Waals surface area contributed by atoms with Crippen LogP contribution in [0.5, 0.6) is 0 Å². The molecular weight excluding hydrogens is 276 g/mol. The second kappa shape index (κ2) is 4.20. The summed E-state index contributed by atoms with van der Waals surface area (Å²) >= 11 is 4.80. The molecule has 3 nitrogen and oxygen atoms in total. The largest absolute Gasteiger partial charge is 0.286 e. The van der Waals surface area contributed by atoms with E-state index in [0.29, 0.717) is 10.6 Å². The standard InChI is InChI=1S/C10H7BrN2OS/c1-6-4-8(15-10(6)11)9(14)7-5-12-2-3-13-7/h2-5H,1H3. The van der Waals surface area contributed by atoms with Gasteiger partial charge in [-0.1, -0.05) is 0 Å². The zero-order chi connectivity index (χ0) is 10.8. The molecule has 0 amide bonds. The number of rotatable bonds is 2. The van der Waals surface area contributed by atoms with Crippen molar-refractivity contribution in [1.29, 1.82) is 0 Å². The van der Waals surface area contributed by atoms with Crippen molar-refractivity contribution in [3.05, 3.63) is 44.6 Å². The summed E-state index contributed by atoms with van der Waals surface area (Å²) in [5, 5.41) is 0. The van der Waals surface area contributed by atoms with Crippen molar-refractivity contribution < 1.29 is 4.79 Å². The molecule has 2 heterocycles. The molecule has 0 N–H and O–H groups in total. The fraction of sp³-hybridized carbons (Fsp3) is 0.100. The molecule has 0 unspecified atom stereocenters. The minimum Gasteiger partial charge on any atom is -0.286 e. The van der Waals surface area contributed by atoms with Crippen molar-refractivity contribution in [1.82, 2.24) is 9.97 Å². The molecule has 0 radical (unpaired) electrons. The summed E-state index contributed by atoms with van der Waals surface area (Å²) in [6.45, 7) is 1.95. The molecule has 2 aromatic rings. The molecule has 0 spiro atoms. The van der Waals surface area contributed by atoms with Gasteiger partial charge in [-0.3, -0.25) is 9.78 Å². The topological polar surface area (TPSA) is 42.9 Å². The molecule has 0 bridgehead atoms. The van der Waals surface area contributed by atoms with Crippen molar-refractivity contribution in [3.63, 3.8) is 0 Å². The maximum absolute atomic E-state index is 11.9. The Kier molecular flexibility index (Phi) is 2.93. The molecule has 0 fully saturated rings. The van der Waals surface area contributed by atoms with Crippen molar-refractivity contribution >= 4 is 33.0 Å². The number of ketones is 1. The van der Waals surface area contributed by atoms with Crippen LogP contribution in [0.4, 0.5) is 0 Å². The molecule has 0 aliphatic carbocycles. The fourth-order valence-corrected chi connectivity index (χ4v) is 2.60. The van der Waals surface area contributed by atoms with Crippen LogP contribution in [0.15, 0.2) is 28.4 Å². The highest BCUT2D eigenvalue weighted by Crippen LogP contribution is 2.28. The van der Waals surface area contributed by atoms with Crippen LogP contribution in [0, 0.1) is 6.92 Å². The summed E-state index contributed by atoms with van der Waals surface area (Å²) in [6.07, 6.45) is 4.54. The van der Waals surface area contributed by atoms with Crippen LogP contribution in [0.1, 0.15) is 20.9 Å². The van der Waals surface area contributed by atoms with Crippen molar-refractivity contribution in [2.24, 2.45) is 0 Å². The molecule has 2 aromatic heterocycles. The lowest BCUT2D eigenvalue weighted by atomic mass is 10.2. The molecule has 0 atom stereocenters. The van der Waals surface area contributed by atoms with Gasteiger partial charge in [-0.25, -0.2) is 4.98 Å². The maximum atomic E-state index is 11.9. The molecule has 0 saturated heterocycles. The highest BCUT2D eigenvalue weighted by molar-refractivity contribution is 9.11. The van der Waals surface area contributed by atoms with Gasteiger partial charge < -0.3 is 0 Å². The van der Waals surface area contributed by atoms with E-state index in [-0.39, 0.29) is 5.78 Å². The smallest absolute Gasteiger partial charge is 0.222 e. The minimum absolute atomic E-state index is 0.0816. The molecule has 0 aliphatic heterocycles. The summed E-state index contributed by atoms with van der Waals surface area (Å²) in [5.74, 6) is -0.0816. The van der Waals surface area contributed by atoms with E-state index in [1.807, 2.05) is 13.0 Å². The molecule has 76 valence electrons. The first kappa shape index (κ1) is 10.4. The Labute approximate surface area is 99.3 Å². The van der Waals surface area contributed by atoms with Crippen LogP contribution in [0.2, 0.25) is 0 Å². The lowest BCUT2D eigenvalue weighted by Crippen LogP contribution is -2.01. The van der Waals surface area contributed by atoms with Crippen LogP contribution in [-0.2, 0) is 0 Å². The normalized spacial score (nSPS) is 10.3. The average Bonchev–Trinajstić information content (AvgIpc) is 2.59. The van der Waals surface area contributed by atoms with Gasteiger partial charge in [0.05, 0.1) is 14.9 Å². The SMILES string of the molecule is Cc1cc(C(=O)c2cnccn2)sc1Br. The second-order valence-electron chi connectivity index (χ2n) is 2.99. The van der Waals surface area contributed by atoms with Crippen LogP contribution in [-0.4, -0.2) is 15.8 Å². The number of aryl methyl sites for hydroxylation is 1. The van der Waals surface area contributed by atoms with Crippen LogP contribution in [0.3, 0.4) is 0 Å². The molecule has 5 heteroatoms. The van der Waals surface area contributed by atoms with Gasteiger partial charge in [0.15, 0.2) is 0 Å². The quantitative estimate of drug-likeness (QED) is 0.796. The summed E-state index contributed by atoms with van der Waals surface area (Å²) in [7, 11) is 0. The minimum atomic E-state index is -0.0816. The summed E-state index contributed by atoms with van der Waals surface area (Å²) in [4.78, 5) is 20.4. The Morgan fingerprint density at radius 3 is 2.80 bits per heavy atom. The van der Waals surface area contributed by atoms with E-state index < -0.39 is 0 Å². The molecule has 0 aliphatic rings. The van der Waals surface area contributed by atoms with Gasteiger partial charge in [0.25, 0.3) is 0 Å². The van der Waals surface area contributed by atoms with E-state index in [4.69, 9.17) is 0 Å². The third kappa shape index (κ3) is 2.13. The van der Waals surface area contributed by atoms with E-state index in [2.05, 4.69) is 25.9 Å². The summed E-state index contributed by atoms with van der Waals surface area (Å²) in [6, 6.07) is 1.85. The molecule has 2 rings (SSSR count). The van der Waals surface area contributed by atoms with E-state index >= 15 is 0 Å². The average molecular weight is 283 g/mol. The highest BCUT2D eigenvalue weighted by Gasteiger charge is 2.14. The number of hydrogen-bond donors (Lipinski definition) is 0. The molecule has 0 aromatic carbocycles. The highest BCUT2D eigenvalue weighted by atomic mass is 79.9. The number of carbonyl (C=O) groups excluding carboxylic acids is 1. The van der Waals surface area contributed by atoms with E-state index in [1.54, 1.807) is 6.20 Å². The van der Waals surface area contributed by atoms with Crippen LogP contribution >= 0.6 is 27.3 Å². The number of thiophene rings is 1. The predicted molar refractivity (Wildman–Crippen MR) is 62.2 cm³/mol. The monoisotopic (exact) mass is 282 g/mol. The van der Waals surface area contributed by atoms with E-state index in [1.165, 1.54) is 23.7 Å². The van der Waals surface area contributed by atoms with Gasteiger partial charge >= 0.3 is 0 Å². The van der Waals surface area contributed by atoms with Gasteiger partial charge in [0.2, 0.25) is 5.78 Å². The third-order valence-electron chi connectivity index (χ3n) is 1.88. The predicted octanol–water partition coefficient (Wildman–Crippen LogP) is 2.84. The fourth-order valence-electron chi connectivity index (χ4n) is 1.11. The zero-order valence-corrected chi connectivity index (χ0v) is 10.3. The van der Waals surface area contributed by atoms with Crippen LogP contribution in [0.25, 0.3) is 0 Å². The summed E-state index contributed by atoms with van der Waals surface area (Å²) in [5.41, 5.74) is 1.44. The van der Waals surface area contributed by atoms with Gasteiger partial charge in [-0.15, -0.1) is 11.3 Å². The van der Waals surface area contributed by atoms with Crippen molar-refractivity contribution in [3.8, 4) is 0 Å². The Morgan fingerprint density at radius 1 is 1.47 bits per heavy atom. The van der Waals surface area contributed by atoms with Crippen LogP contribution < -0.4 is 0 Å². The first-order valence-electron chi connectivity index (χ1n) is 4.25. The number of nitrogens with zero attached hydrogens (tertiary/aromatic N) is 2. The number of hydrogen-bond acceptors (Lipinski definition) is 4. The van der Waals surface area contributed by atoms with Gasteiger partial charge in [0, 0.05) is 12.4 Å². The number of halogens is 1. The van der Waals surface area contributed by atoms with Crippen molar-refractivity contribution in [2.75, 3.05) is 0 Å². The zero-order valence-electron chi connectivity index (χ0n) is 7.90. The number of aromatic nitrogens is 2. The Bertz CT molecular complexity index is 476. The lowest BCUT2D eigenvalue weighted by molar-refractivity contribution is 0.103. The van der Waals surface area contributed by atoms with Gasteiger partial charge in [0.1, 0.15) is 5.69 Å².